The first-order valence-corrected chi connectivity index (χ1v) is 8.56. The number of rotatable bonds is 13. The van der Waals surface area contributed by atoms with Gasteiger partial charge in [-0.25, -0.2) is 0 Å². The molecule has 0 saturated heterocycles. The Morgan fingerprint density at radius 3 is 2.18 bits per heavy atom. The molecule has 0 N–H and O–H groups in total. The van der Waals surface area contributed by atoms with Gasteiger partial charge in [-0.3, -0.25) is 0 Å². The molecule has 0 aliphatic rings. The lowest BCUT2D eigenvalue weighted by Crippen LogP contribution is -2.22. The molecule has 0 aromatic rings. The fourth-order valence-electron chi connectivity index (χ4n) is 1.77. The maximum absolute atomic E-state index is 5.67. The van der Waals surface area contributed by atoms with E-state index in [-0.39, 0.29) is 6.29 Å². The van der Waals surface area contributed by atoms with E-state index in [1.54, 1.807) is 14.2 Å². The molecule has 0 amide bonds. The van der Waals surface area contributed by atoms with Crippen molar-refractivity contribution in [2.45, 2.75) is 64.2 Å². The SMILES string of the molecule is CCCCCCCCC[SiH2]OC(COC)OC. The third-order valence-electron chi connectivity index (χ3n) is 2.87. The van der Waals surface area contributed by atoms with Crippen molar-refractivity contribution in [2.24, 2.45) is 0 Å². The summed E-state index contributed by atoms with van der Waals surface area (Å²) in [6.07, 6.45) is 9.47. The second kappa shape index (κ2) is 14.2. The highest BCUT2D eigenvalue weighted by Gasteiger charge is 2.05. The quantitative estimate of drug-likeness (QED) is 0.290. The molecule has 3 nitrogen and oxygen atoms in total. The lowest BCUT2D eigenvalue weighted by Gasteiger charge is -2.15. The summed E-state index contributed by atoms with van der Waals surface area (Å²) in [6.45, 7) is 2.80. The van der Waals surface area contributed by atoms with Gasteiger partial charge in [0.2, 0.25) is 0 Å². The molecule has 0 heterocycles. The molecule has 0 saturated carbocycles. The van der Waals surface area contributed by atoms with Crippen molar-refractivity contribution in [3.05, 3.63) is 0 Å². The molecule has 104 valence electrons. The van der Waals surface area contributed by atoms with E-state index in [0.29, 0.717) is 6.61 Å². The molecule has 17 heavy (non-hydrogen) atoms. The largest absolute Gasteiger partial charge is 0.398 e. The van der Waals surface area contributed by atoms with Gasteiger partial charge in [0.1, 0.15) is 0 Å². The number of unbranched alkanes of at least 4 members (excludes halogenated alkanes) is 6. The van der Waals surface area contributed by atoms with Crippen LogP contribution < -0.4 is 0 Å². The Morgan fingerprint density at radius 2 is 1.59 bits per heavy atom. The molecule has 1 atom stereocenters. The summed E-state index contributed by atoms with van der Waals surface area (Å²) < 4.78 is 15.8. The number of ether oxygens (including phenoxy) is 2. The Labute approximate surface area is 109 Å². The van der Waals surface area contributed by atoms with Gasteiger partial charge < -0.3 is 13.9 Å². The van der Waals surface area contributed by atoms with E-state index >= 15 is 0 Å². The molecule has 0 rings (SSSR count). The van der Waals surface area contributed by atoms with Crippen molar-refractivity contribution in [1.29, 1.82) is 0 Å². The average molecular weight is 262 g/mol. The van der Waals surface area contributed by atoms with Gasteiger partial charge in [-0.15, -0.1) is 0 Å². The highest BCUT2D eigenvalue weighted by atomic mass is 28.2. The van der Waals surface area contributed by atoms with Gasteiger partial charge in [0.05, 0.1) is 6.61 Å². The predicted octanol–water partition coefficient (Wildman–Crippen LogP) is 2.87. The third-order valence-corrected chi connectivity index (χ3v) is 4.26. The van der Waals surface area contributed by atoms with Crippen molar-refractivity contribution in [2.75, 3.05) is 20.8 Å². The van der Waals surface area contributed by atoms with Crippen LogP contribution in [0.4, 0.5) is 0 Å². The van der Waals surface area contributed by atoms with Crippen molar-refractivity contribution >= 4 is 9.76 Å². The lowest BCUT2D eigenvalue weighted by molar-refractivity contribution is -0.0928. The Morgan fingerprint density at radius 1 is 0.941 bits per heavy atom. The topological polar surface area (TPSA) is 27.7 Å². The Kier molecular flexibility index (Phi) is 14.2. The second-order valence-electron chi connectivity index (χ2n) is 4.47. The van der Waals surface area contributed by atoms with Crippen molar-refractivity contribution in [3.8, 4) is 0 Å². The van der Waals surface area contributed by atoms with E-state index in [4.69, 9.17) is 13.9 Å². The first-order chi connectivity index (χ1) is 8.35. The van der Waals surface area contributed by atoms with Crippen LogP contribution in [0, 0.1) is 0 Å². The fourth-order valence-corrected chi connectivity index (χ4v) is 2.99. The maximum atomic E-state index is 5.67. The Hall–Kier alpha value is 0.0969. The molecular weight excluding hydrogens is 232 g/mol. The zero-order valence-electron chi connectivity index (χ0n) is 11.9. The highest BCUT2D eigenvalue weighted by Crippen LogP contribution is 2.08. The van der Waals surface area contributed by atoms with Gasteiger partial charge in [-0.2, -0.15) is 0 Å². The molecule has 4 heteroatoms. The highest BCUT2D eigenvalue weighted by molar-refractivity contribution is 6.27. The summed E-state index contributed by atoms with van der Waals surface area (Å²) in [5.74, 6) is 0. The fraction of sp³-hybridized carbons (Fsp3) is 1.00. The summed E-state index contributed by atoms with van der Waals surface area (Å²) in [4.78, 5) is 0. The zero-order valence-corrected chi connectivity index (χ0v) is 13.3. The van der Waals surface area contributed by atoms with Crippen LogP contribution in [0.15, 0.2) is 0 Å². The zero-order chi connectivity index (χ0) is 12.8. The van der Waals surface area contributed by atoms with Gasteiger partial charge in [-0.05, 0) is 6.04 Å². The number of hydrogen-bond donors (Lipinski definition) is 0. The lowest BCUT2D eigenvalue weighted by atomic mass is 10.1. The van der Waals surface area contributed by atoms with E-state index in [2.05, 4.69) is 6.92 Å². The van der Waals surface area contributed by atoms with Crippen molar-refractivity contribution < 1.29 is 13.9 Å². The van der Waals surface area contributed by atoms with Gasteiger partial charge >= 0.3 is 0 Å². The van der Waals surface area contributed by atoms with Crippen LogP contribution in [0.25, 0.3) is 0 Å². The molecule has 0 fully saturated rings. The molecule has 0 aromatic carbocycles. The average Bonchev–Trinajstić information content (AvgIpc) is 2.35. The van der Waals surface area contributed by atoms with Gasteiger partial charge in [0.15, 0.2) is 16.1 Å². The minimum atomic E-state index is -0.416. The summed E-state index contributed by atoms with van der Waals surface area (Å²) in [5, 5.41) is 0. The van der Waals surface area contributed by atoms with E-state index < -0.39 is 9.76 Å². The van der Waals surface area contributed by atoms with Crippen LogP contribution in [0.2, 0.25) is 6.04 Å². The van der Waals surface area contributed by atoms with Gasteiger partial charge in [0.25, 0.3) is 0 Å². The normalized spacial score (nSPS) is 13.6. The Bertz CT molecular complexity index is 145. The summed E-state index contributed by atoms with van der Waals surface area (Å²) >= 11 is 0. The van der Waals surface area contributed by atoms with Crippen LogP contribution in [-0.2, 0) is 13.9 Å². The monoisotopic (exact) mass is 262 g/mol. The van der Waals surface area contributed by atoms with Gasteiger partial charge in [0, 0.05) is 14.2 Å². The minimum Gasteiger partial charge on any atom is -0.398 e. The van der Waals surface area contributed by atoms with Crippen LogP contribution in [0.1, 0.15) is 51.9 Å². The molecule has 0 radical (unpaired) electrons. The van der Waals surface area contributed by atoms with E-state index in [0.717, 1.165) is 0 Å². The second-order valence-corrected chi connectivity index (χ2v) is 5.91. The van der Waals surface area contributed by atoms with Crippen molar-refractivity contribution in [1.82, 2.24) is 0 Å². The maximum Gasteiger partial charge on any atom is 0.170 e. The van der Waals surface area contributed by atoms with Crippen LogP contribution >= 0.6 is 0 Å². The predicted molar refractivity (Wildman–Crippen MR) is 75.1 cm³/mol. The van der Waals surface area contributed by atoms with E-state index in [1.165, 1.54) is 51.0 Å². The smallest absolute Gasteiger partial charge is 0.170 e. The number of hydrogen-bond acceptors (Lipinski definition) is 3. The van der Waals surface area contributed by atoms with Crippen LogP contribution in [0.5, 0.6) is 0 Å². The Balaban J connectivity index is 3.11. The molecule has 0 spiro atoms. The number of methoxy groups -OCH3 is 2. The van der Waals surface area contributed by atoms with Crippen LogP contribution in [-0.4, -0.2) is 36.9 Å². The van der Waals surface area contributed by atoms with E-state index in [9.17, 15) is 0 Å². The molecule has 0 aliphatic heterocycles. The summed E-state index contributed by atoms with van der Waals surface area (Å²) in [5.41, 5.74) is 0. The first-order valence-electron chi connectivity index (χ1n) is 6.98. The molecule has 0 aliphatic carbocycles. The third kappa shape index (κ3) is 12.3. The van der Waals surface area contributed by atoms with Crippen LogP contribution in [0.3, 0.4) is 0 Å². The standard InChI is InChI=1S/C13H30O3Si/c1-4-5-6-7-8-9-10-11-17-16-13(15-3)12-14-2/h13H,4-12,17H2,1-3H3. The molecular formula is C13H30O3Si. The van der Waals surface area contributed by atoms with Crippen molar-refractivity contribution in [3.63, 3.8) is 0 Å². The first kappa shape index (κ1) is 17.1. The molecule has 0 aromatic heterocycles. The minimum absolute atomic E-state index is 0.142. The molecule has 0 bridgehead atoms. The summed E-state index contributed by atoms with van der Waals surface area (Å²) in [7, 11) is 2.93. The van der Waals surface area contributed by atoms with E-state index in [1.807, 2.05) is 0 Å². The summed E-state index contributed by atoms with van der Waals surface area (Å²) in [6, 6.07) is 1.26. The molecule has 1 unspecified atom stereocenters. The van der Waals surface area contributed by atoms with Gasteiger partial charge in [-0.1, -0.05) is 51.9 Å².